The van der Waals surface area contributed by atoms with Crippen LogP contribution in [0.5, 0.6) is 0 Å². The topological polar surface area (TPSA) is 43.1 Å². The summed E-state index contributed by atoms with van der Waals surface area (Å²) in [7, 11) is 0. The van der Waals surface area contributed by atoms with E-state index in [4.69, 9.17) is 0 Å². The number of nitrogens with zero attached hydrogens (tertiary/aromatic N) is 4. The van der Waals surface area contributed by atoms with Gasteiger partial charge in [-0.05, 0) is 31.0 Å². The maximum Gasteiger partial charge on any atom is 0.234 e. The Morgan fingerprint density at radius 1 is 1.32 bits per heavy atom. The summed E-state index contributed by atoms with van der Waals surface area (Å²) in [6.45, 7) is 0. The van der Waals surface area contributed by atoms with Gasteiger partial charge < -0.3 is 0 Å². The molecule has 0 N–H and O–H groups in total. The molecule has 2 heterocycles. The summed E-state index contributed by atoms with van der Waals surface area (Å²) in [6.07, 6.45) is 2.28. The maximum atomic E-state index is 13.9. The summed E-state index contributed by atoms with van der Waals surface area (Å²) in [5.41, 5.74) is 0.492. The number of fused-ring (bicyclic) bond motifs is 1. The molecule has 1 aliphatic rings. The van der Waals surface area contributed by atoms with Crippen LogP contribution in [0.3, 0.4) is 0 Å². The lowest BCUT2D eigenvalue weighted by atomic mass is 10.2. The van der Waals surface area contributed by atoms with Crippen molar-refractivity contribution in [2.24, 2.45) is 0 Å². The molecule has 19 heavy (non-hydrogen) atoms. The number of halogens is 2. The lowest BCUT2D eigenvalue weighted by Crippen LogP contribution is -1.94. The molecule has 0 aliphatic heterocycles. The van der Waals surface area contributed by atoms with Gasteiger partial charge in [0.25, 0.3) is 0 Å². The molecule has 0 bridgehead atoms. The van der Waals surface area contributed by atoms with Crippen LogP contribution in [0.4, 0.5) is 4.39 Å². The van der Waals surface area contributed by atoms with Crippen LogP contribution in [0.25, 0.3) is 15.5 Å². The summed E-state index contributed by atoms with van der Waals surface area (Å²) < 4.78 is 16.4. The number of hydrogen-bond acceptors (Lipinski definition) is 4. The molecule has 2 aromatic heterocycles. The minimum atomic E-state index is -0.277. The van der Waals surface area contributed by atoms with Gasteiger partial charge in [0, 0.05) is 16.0 Å². The normalized spacial score (nSPS) is 15.3. The summed E-state index contributed by atoms with van der Waals surface area (Å²) in [5.74, 6) is 1.09. The lowest BCUT2D eigenvalue weighted by Gasteiger charge is -1.98. The smallest absolute Gasteiger partial charge is 0.206 e. The zero-order valence-electron chi connectivity index (χ0n) is 9.68. The molecule has 1 saturated carbocycles. The molecule has 0 saturated heterocycles. The van der Waals surface area contributed by atoms with E-state index < -0.39 is 0 Å². The van der Waals surface area contributed by atoms with Crippen molar-refractivity contribution >= 4 is 32.2 Å². The Hall–Kier alpha value is -1.34. The van der Waals surface area contributed by atoms with Gasteiger partial charge in [-0.15, -0.1) is 10.2 Å². The van der Waals surface area contributed by atoms with Crippen molar-refractivity contribution < 1.29 is 4.39 Å². The molecule has 0 spiro atoms. The van der Waals surface area contributed by atoms with Crippen molar-refractivity contribution in [2.75, 3.05) is 0 Å². The van der Waals surface area contributed by atoms with Gasteiger partial charge in [-0.25, -0.2) is 4.39 Å². The van der Waals surface area contributed by atoms with Crippen LogP contribution in [0, 0.1) is 5.82 Å². The molecule has 0 amide bonds. The van der Waals surface area contributed by atoms with Crippen LogP contribution >= 0.6 is 27.3 Å². The first-order chi connectivity index (χ1) is 9.22. The third kappa shape index (κ3) is 1.88. The van der Waals surface area contributed by atoms with Crippen molar-refractivity contribution in [1.29, 1.82) is 0 Å². The maximum absolute atomic E-state index is 13.9. The van der Waals surface area contributed by atoms with Crippen LogP contribution in [-0.2, 0) is 0 Å². The average Bonchev–Trinajstić information content (AvgIpc) is 3.01. The molecule has 7 heteroatoms. The van der Waals surface area contributed by atoms with E-state index in [0.717, 1.165) is 28.1 Å². The minimum Gasteiger partial charge on any atom is -0.206 e. The standard InChI is InChI=1S/C12H8BrFN4S/c13-7-3-4-9(14)8(5-7)11-17-18-10(6-1-2-6)15-16-12(18)19-11/h3-6H,1-2H2. The fraction of sp³-hybridized carbons (Fsp3) is 0.250. The summed E-state index contributed by atoms with van der Waals surface area (Å²) in [5, 5.41) is 13.3. The molecule has 96 valence electrons. The van der Waals surface area contributed by atoms with E-state index in [2.05, 4.69) is 31.2 Å². The van der Waals surface area contributed by atoms with Crippen LogP contribution < -0.4 is 0 Å². The average molecular weight is 339 g/mol. The zero-order valence-corrected chi connectivity index (χ0v) is 12.1. The Labute approximate surface area is 120 Å². The summed E-state index contributed by atoms with van der Waals surface area (Å²) in [6, 6.07) is 4.84. The van der Waals surface area contributed by atoms with Gasteiger partial charge in [-0.3, -0.25) is 0 Å². The van der Waals surface area contributed by atoms with Crippen molar-refractivity contribution in [3.05, 3.63) is 34.3 Å². The molecule has 0 unspecified atom stereocenters. The third-order valence-corrected chi connectivity index (χ3v) is 4.54. The predicted octanol–water partition coefficient (Wildman–Crippen LogP) is 3.63. The zero-order chi connectivity index (χ0) is 13.0. The predicted molar refractivity (Wildman–Crippen MR) is 73.7 cm³/mol. The Balaban J connectivity index is 1.88. The molecule has 1 aliphatic carbocycles. The van der Waals surface area contributed by atoms with Gasteiger partial charge in [0.05, 0.1) is 0 Å². The fourth-order valence-electron chi connectivity index (χ4n) is 2.00. The molecule has 0 radical (unpaired) electrons. The van der Waals surface area contributed by atoms with Crippen molar-refractivity contribution in [3.8, 4) is 10.6 Å². The highest BCUT2D eigenvalue weighted by molar-refractivity contribution is 9.10. The third-order valence-electron chi connectivity index (χ3n) is 3.12. The van der Waals surface area contributed by atoms with E-state index in [-0.39, 0.29) is 5.82 Å². The van der Waals surface area contributed by atoms with E-state index >= 15 is 0 Å². The van der Waals surface area contributed by atoms with Gasteiger partial charge >= 0.3 is 0 Å². The van der Waals surface area contributed by atoms with Crippen molar-refractivity contribution in [2.45, 2.75) is 18.8 Å². The Bertz CT molecular complexity index is 777. The van der Waals surface area contributed by atoms with Crippen LogP contribution in [0.15, 0.2) is 22.7 Å². The van der Waals surface area contributed by atoms with Crippen LogP contribution in [-0.4, -0.2) is 19.8 Å². The van der Waals surface area contributed by atoms with Crippen molar-refractivity contribution in [3.63, 3.8) is 0 Å². The monoisotopic (exact) mass is 338 g/mol. The highest BCUT2D eigenvalue weighted by atomic mass is 79.9. The molecule has 4 rings (SSSR count). The Morgan fingerprint density at radius 2 is 2.16 bits per heavy atom. The minimum absolute atomic E-state index is 0.277. The molecule has 4 nitrogen and oxygen atoms in total. The van der Waals surface area contributed by atoms with E-state index in [9.17, 15) is 4.39 Å². The van der Waals surface area contributed by atoms with Crippen molar-refractivity contribution in [1.82, 2.24) is 19.8 Å². The first kappa shape index (κ1) is 11.5. The summed E-state index contributed by atoms with van der Waals surface area (Å²) in [4.78, 5) is 0.719. The molecular weight excluding hydrogens is 331 g/mol. The second-order valence-corrected chi connectivity index (χ2v) is 6.43. The van der Waals surface area contributed by atoms with E-state index in [1.807, 2.05) is 0 Å². The van der Waals surface area contributed by atoms with Gasteiger partial charge in [-0.1, -0.05) is 27.3 Å². The highest BCUT2D eigenvalue weighted by Crippen LogP contribution is 2.40. The first-order valence-corrected chi connectivity index (χ1v) is 7.51. The Morgan fingerprint density at radius 3 is 2.95 bits per heavy atom. The molecular formula is C12H8BrFN4S. The fourth-order valence-corrected chi connectivity index (χ4v) is 3.22. The summed E-state index contributed by atoms with van der Waals surface area (Å²) >= 11 is 4.71. The van der Waals surface area contributed by atoms with Crippen LogP contribution in [0.2, 0.25) is 0 Å². The van der Waals surface area contributed by atoms with Gasteiger partial charge in [0.1, 0.15) is 5.82 Å². The second kappa shape index (κ2) is 4.08. The molecule has 3 aromatic rings. The van der Waals surface area contributed by atoms with Gasteiger partial charge in [0.2, 0.25) is 4.96 Å². The SMILES string of the molecule is Fc1ccc(Br)cc1-c1nn2c(C3CC3)nnc2s1. The van der Waals surface area contributed by atoms with Gasteiger partial charge in [-0.2, -0.15) is 9.61 Å². The number of benzene rings is 1. The highest BCUT2D eigenvalue weighted by Gasteiger charge is 2.30. The molecule has 1 aromatic carbocycles. The van der Waals surface area contributed by atoms with Crippen LogP contribution in [0.1, 0.15) is 24.6 Å². The molecule has 0 atom stereocenters. The number of rotatable bonds is 2. The first-order valence-electron chi connectivity index (χ1n) is 5.90. The number of aromatic nitrogens is 4. The largest absolute Gasteiger partial charge is 0.234 e. The second-order valence-electron chi connectivity index (χ2n) is 4.56. The van der Waals surface area contributed by atoms with E-state index in [0.29, 0.717) is 16.5 Å². The molecule has 1 fully saturated rings. The van der Waals surface area contributed by atoms with E-state index in [1.165, 1.54) is 17.4 Å². The Kier molecular flexibility index (Phi) is 2.46. The number of hydrogen-bond donors (Lipinski definition) is 0. The van der Waals surface area contributed by atoms with E-state index in [1.54, 1.807) is 16.6 Å². The quantitative estimate of drug-likeness (QED) is 0.716. The lowest BCUT2D eigenvalue weighted by molar-refractivity contribution is 0.630. The van der Waals surface area contributed by atoms with Gasteiger partial charge in [0.15, 0.2) is 10.8 Å².